The van der Waals surface area contributed by atoms with E-state index in [-0.39, 0.29) is 11.9 Å². The molecule has 0 bridgehead atoms. The van der Waals surface area contributed by atoms with E-state index in [0.717, 1.165) is 22.0 Å². The zero-order valence-corrected chi connectivity index (χ0v) is 18.1. The van der Waals surface area contributed by atoms with Gasteiger partial charge in [-0.05, 0) is 61.7 Å². The molecule has 1 N–H and O–H groups in total. The molecule has 4 nitrogen and oxygen atoms in total. The van der Waals surface area contributed by atoms with E-state index < -0.39 is 0 Å². The second-order valence-corrected chi connectivity index (χ2v) is 8.19. The van der Waals surface area contributed by atoms with Gasteiger partial charge in [0.15, 0.2) is 0 Å². The quantitative estimate of drug-likeness (QED) is 0.443. The zero-order valence-electron chi connectivity index (χ0n) is 17.3. The lowest BCUT2D eigenvalue weighted by molar-refractivity contribution is 0.0940. The van der Waals surface area contributed by atoms with Crippen LogP contribution < -0.4 is 5.32 Å². The van der Waals surface area contributed by atoms with Crippen LogP contribution in [0.2, 0.25) is 5.02 Å². The Morgan fingerprint density at radius 1 is 1.07 bits per heavy atom. The minimum atomic E-state index is -0.0939. The summed E-state index contributed by atoms with van der Waals surface area (Å²) < 4.78 is 1.91. The van der Waals surface area contributed by atoms with Crippen LogP contribution in [0.4, 0.5) is 0 Å². The van der Waals surface area contributed by atoms with Crippen molar-refractivity contribution in [3.8, 4) is 0 Å². The van der Waals surface area contributed by atoms with Crippen molar-refractivity contribution in [2.45, 2.75) is 33.4 Å². The van der Waals surface area contributed by atoms with Crippen molar-refractivity contribution in [1.29, 1.82) is 0 Å². The fraction of sp³-hybridized carbons (Fsp3) is 0.200. The minimum Gasteiger partial charge on any atom is -0.346 e. The van der Waals surface area contributed by atoms with Gasteiger partial charge in [-0.1, -0.05) is 53.6 Å². The predicted octanol–water partition coefficient (Wildman–Crippen LogP) is 5.85. The number of amides is 1. The van der Waals surface area contributed by atoms with E-state index >= 15 is 0 Å². The molecule has 5 heteroatoms. The number of aryl methyl sites for hydroxylation is 2. The molecule has 152 valence electrons. The molecule has 1 amide bonds. The van der Waals surface area contributed by atoms with Gasteiger partial charge < -0.3 is 5.32 Å². The summed E-state index contributed by atoms with van der Waals surface area (Å²) in [7, 11) is 0. The maximum Gasteiger partial charge on any atom is 0.251 e. The van der Waals surface area contributed by atoms with E-state index in [4.69, 9.17) is 11.6 Å². The van der Waals surface area contributed by atoms with Crippen molar-refractivity contribution in [3.63, 3.8) is 0 Å². The first-order chi connectivity index (χ1) is 14.4. The Hall–Kier alpha value is -3.11. The summed E-state index contributed by atoms with van der Waals surface area (Å²) in [6, 6.07) is 19.6. The molecule has 0 aliphatic rings. The normalized spacial score (nSPS) is 12.1. The smallest absolute Gasteiger partial charge is 0.251 e. The monoisotopic (exact) mass is 417 g/mol. The highest BCUT2D eigenvalue weighted by molar-refractivity contribution is 6.30. The summed E-state index contributed by atoms with van der Waals surface area (Å²) in [5.74, 6) is -0.0939. The van der Waals surface area contributed by atoms with Gasteiger partial charge in [0.05, 0.1) is 24.3 Å². The number of hydrogen-bond donors (Lipinski definition) is 1. The van der Waals surface area contributed by atoms with Gasteiger partial charge in [-0.3, -0.25) is 9.48 Å². The fourth-order valence-electron chi connectivity index (χ4n) is 3.77. The Morgan fingerprint density at radius 2 is 1.83 bits per heavy atom. The summed E-state index contributed by atoms with van der Waals surface area (Å²) >= 11 is 5.98. The molecule has 0 fully saturated rings. The van der Waals surface area contributed by atoms with Gasteiger partial charge >= 0.3 is 0 Å². The van der Waals surface area contributed by atoms with Gasteiger partial charge in [0.25, 0.3) is 5.91 Å². The van der Waals surface area contributed by atoms with Gasteiger partial charge in [0, 0.05) is 16.0 Å². The molecule has 0 aliphatic carbocycles. The Labute approximate surface area is 181 Å². The van der Waals surface area contributed by atoms with Crippen LogP contribution in [-0.2, 0) is 6.54 Å². The van der Waals surface area contributed by atoms with Crippen LogP contribution >= 0.6 is 11.6 Å². The number of fused-ring (bicyclic) bond motifs is 1. The average molecular weight is 418 g/mol. The number of halogens is 1. The van der Waals surface area contributed by atoms with Gasteiger partial charge in [-0.25, -0.2) is 0 Å². The summed E-state index contributed by atoms with van der Waals surface area (Å²) in [6.45, 7) is 6.78. The van der Waals surface area contributed by atoms with Crippen LogP contribution in [0.1, 0.15) is 45.6 Å². The van der Waals surface area contributed by atoms with Crippen molar-refractivity contribution in [2.75, 3.05) is 0 Å². The van der Waals surface area contributed by atoms with Crippen molar-refractivity contribution < 1.29 is 4.79 Å². The highest BCUT2D eigenvalue weighted by atomic mass is 35.5. The Bertz CT molecular complexity index is 1210. The lowest BCUT2D eigenvalue weighted by Crippen LogP contribution is -2.27. The zero-order chi connectivity index (χ0) is 21.3. The molecule has 1 atom stereocenters. The summed E-state index contributed by atoms with van der Waals surface area (Å²) in [5, 5.41) is 9.33. The van der Waals surface area contributed by atoms with Gasteiger partial charge in [-0.2, -0.15) is 5.10 Å². The largest absolute Gasteiger partial charge is 0.346 e. The fourth-order valence-corrected chi connectivity index (χ4v) is 3.90. The third kappa shape index (κ3) is 4.24. The number of carbonyl (C=O) groups is 1. The molecular weight excluding hydrogens is 394 g/mol. The first kappa shape index (κ1) is 20.2. The second-order valence-electron chi connectivity index (χ2n) is 7.76. The number of benzene rings is 3. The number of rotatable bonds is 5. The molecule has 0 saturated heterocycles. The molecule has 0 spiro atoms. The van der Waals surface area contributed by atoms with E-state index in [0.29, 0.717) is 17.1 Å². The maximum absolute atomic E-state index is 12.9. The van der Waals surface area contributed by atoms with Crippen LogP contribution in [0.3, 0.4) is 0 Å². The predicted molar refractivity (Wildman–Crippen MR) is 122 cm³/mol. The number of aromatic nitrogens is 2. The van der Waals surface area contributed by atoms with Crippen LogP contribution in [0.25, 0.3) is 10.9 Å². The third-order valence-corrected chi connectivity index (χ3v) is 5.64. The van der Waals surface area contributed by atoms with Crippen LogP contribution in [0.15, 0.2) is 66.9 Å². The van der Waals surface area contributed by atoms with E-state index in [1.165, 1.54) is 11.1 Å². The Kier molecular flexibility index (Phi) is 5.60. The van der Waals surface area contributed by atoms with Crippen LogP contribution in [-0.4, -0.2) is 15.7 Å². The van der Waals surface area contributed by atoms with E-state index in [2.05, 4.69) is 42.5 Å². The van der Waals surface area contributed by atoms with E-state index in [1.807, 2.05) is 60.3 Å². The van der Waals surface area contributed by atoms with Crippen molar-refractivity contribution in [1.82, 2.24) is 15.1 Å². The molecule has 0 aliphatic heterocycles. The van der Waals surface area contributed by atoms with Gasteiger partial charge in [0.1, 0.15) is 0 Å². The third-order valence-electron chi connectivity index (χ3n) is 5.39. The minimum absolute atomic E-state index is 0.0761. The second kappa shape index (κ2) is 8.33. The Morgan fingerprint density at radius 3 is 2.57 bits per heavy atom. The summed E-state index contributed by atoms with van der Waals surface area (Å²) in [4.78, 5) is 12.9. The topological polar surface area (TPSA) is 46.9 Å². The molecule has 0 radical (unpaired) electrons. The first-order valence-electron chi connectivity index (χ1n) is 9.99. The van der Waals surface area contributed by atoms with Crippen LogP contribution in [0, 0.1) is 13.8 Å². The number of nitrogens with zero attached hydrogens (tertiary/aromatic N) is 2. The molecule has 30 heavy (non-hydrogen) atoms. The molecule has 1 unspecified atom stereocenters. The molecule has 0 saturated carbocycles. The molecule has 4 aromatic rings. The lowest BCUT2D eigenvalue weighted by Gasteiger charge is -2.17. The lowest BCUT2D eigenvalue weighted by atomic mass is 10.00. The van der Waals surface area contributed by atoms with E-state index in [1.54, 1.807) is 0 Å². The molecule has 3 aromatic carbocycles. The Balaban J connectivity index is 1.56. The molecule has 1 heterocycles. The molecular formula is C25H24ClN3O. The SMILES string of the molecule is Cc1ccc(C(C)NC(=O)c2ccc3cnn(Cc4ccc(Cl)cc4)c3c2)c(C)c1. The molecule has 1 aromatic heterocycles. The summed E-state index contributed by atoms with van der Waals surface area (Å²) in [6.07, 6.45) is 1.82. The van der Waals surface area contributed by atoms with Gasteiger partial charge in [0.2, 0.25) is 0 Å². The van der Waals surface area contributed by atoms with Crippen molar-refractivity contribution in [3.05, 3.63) is 99.7 Å². The maximum atomic E-state index is 12.9. The number of carbonyl (C=O) groups excluding carboxylic acids is 1. The van der Waals surface area contributed by atoms with Crippen LogP contribution in [0.5, 0.6) is 0 Å². The number of hydrogen-bond acceptors (Lipinski definition) is 2. The highest BCUT2D eigenvalue weighted by Gasteiger charge is 2.15. The van der Waals surface area contributed by atoms with Crippen molar-refractivity contribution in [2.24, 2.45) is 0 Å². The standard InChI is InChI=1S/C25H24ClN3O/c1-16-4-11-23(17(2)12-16)18(3)28-25(30)20-7-8-21-14-27-29(24(21)13-20)15-19-5-9-22(26)10-6-19/h4-14,18H,15H2,1-3H3,(H,28,30). The first-order valence-corrected chi connectivity index (χ1v) is 10.4. The highest BCUT2D eigenvalue weighted by Crippen LogP contribution is 2.21. The average Bonchev–Trinajstić information content (AvgIpc) is 3.11. The van der Waals surface area contributed by atoms with Gasteiger partial charge in [-0.15, -0.1) is 0 Å². The van der Waals surface area contributed by atoms with E-state index in [9.17, 15) is 4.79 Å². The van der Waals surface area contributed by atoms with Crippen molar-refractivity contribution >= 4 is 28.4 Å². The summed E-state index contributed by atoms with van der Waals surface area (Å²) in [5.41, 5.74) is 6.17. The molecule has 4 rings (SSSR count). The number of nitrogens with one attached hydrogen (secondary N) is 1.